The first-order chi connectivity index (χ1) is 9.70. The van der Waals surface area contributed by atoms with Gasteiger partial charge < -0.3 is 4.74 Å². The maximum Gasteiger partial charge on any atom is 0.306 e. The zero-order valence-electron chi connectivity index (χ0n) is 10.8. The average Bonchev–Trinajstić information content (AvgIpc) is 2.88. The van der Waals surface area contributed by atoms with Crippen molar-refractivity contribution >= 4 is 33.7 Å². The van der Waals surface area contributed by atoms with E-state index in [1.54, 1.807) is 11.6 Å². The van der Waals surface area contributed by atoms with Gasteiger partial charge in [-0.05, 0) is 41.6 Å². The summed E-state index contributed by atoms with van der Waals surface area (Å²) >= 11 is 4.80. The Morgan fingerprint density at radius 2 is 2.15 bits per heavy atom. The summed E-state index contributed by atoms with van der Waals surface area (Å²) in [5, 5.41) is 12.2. The van der Waals surface area contributed by atoms with Crippen molar-refractivity contribution in [1.82, 2.24) is 20.2 Å². The fraction of sp³-hybridized carbons (Fsp3) is 0.333. The molecule has 2 rings (SSSR count). The van der Waals surface area contributed by atoms with Crippen LogP contribution in [-0.4, -0.2) is 38.5 Å². The quantitative estimate of drug-likeness (QED) is 0.584. The number of halogens is 1. The van der Waals surface area contributed by atoms with E-state index in [0.29, 0.717) is 23.9 Å². The number of carbonyl (C=O) groups excluding carboxylic acids is 1. The van der Waals surface area contributed by atoms with Gasteiger partial charge in [-0.25, -0.2) is 0 Å². The van der Waals surface area contributed by atoms with E-state index in [-0.39, 0.29) is 5.97 Å². The molecule has 0 radical (unpaired) electrons. The number of hydrogen-bond acceptors (Lipinski definition) is 6. The van der Waals surface area contributed by atoms with Crippen molar-refractivity contribution in [1.29, 1.82) is 0 Å². The lowest BCUT2D eigenvalue weighted by atomic mass is 10.3. The highest BCUT2D eigenvalue weighted by Crippen LogP contribution is 2.20. The Hall–Kier alpha value is -1.41. The highest BCUT2D eigenvalue weighted by molar-refractivity contribution is 9.10. The second-order valence-electron chi connectivity index (χ2n) is 3.75. The third-order valence-electron chi connectivity index (χ3n) is 2.35. The molecular weight excluding hydrogens is 344 g/mol. The molecule has 1 aromatic heterocycles. The van der Waals surface area contributed by atoms with Crippen LogP contribution in [0.1, 0.15) is 13.3 Å². The fourth-order valence-corrected chi connectivity index (χ4v) is 2.55. The summed E-state index contributed by atoms with van der Waals surface area (Å²) < 4.78 is 7.51. The highest BCUT2D eigenvalue weighted by Gasteiger charge is 2.10. The van der Waals surface area contributed by atoms with Crippen molar-refractivity contribution in [2.45, 2.75) is 18.5 Å². The van der Waals surface area contributed by atoms with E-state index in [1.165, 1.54) is 11.8 Å². The van der Waals surface area contributed by atoms with Gasteiger partial charge in [0.2, 0.25) is 5.16 Å². The minimum Gasteiger partial charge on any atom is -0.466 e. The molecule has 1 heterocycles. The van der Waals surface area contributed by atoms with Gasteiger partial charge in [0.15, 0.2) is 0 Å². The van der Waals surface area contributed by atoms with Crippen LogP contribution in [0.4, 0.5) is 0 Å². The number of nitrogens with zero attached hydrogens (tertiary/aromatic N) is 4. The molecule has 106 valence electrons. The number of rotatable bonds is 6. The Balaban J connectivity index is 1.98. The van der Waals surface area contributed by atoms with Crippen molar-refractivity contribution in [3.63, 3.8) is 0 Å². The van der Waals surface area contributed by atoms with Crippen LogP contribution >= 0.6 is 27.7 Å². The van der Waals surface area contributed by atoms with Crippen LogP contribution in [-0.2, 0) is 9.53 Å². The first kappa shape index (κ1) is 15.0. The van der Waals surface area contributed by atoms with Gasteiger partial charge in [0.25, 0.3) is 0 Å². The van der Waals surface area contributed by atoms with Crippen molar-refractivity contribution in [2.24, 2.45) is 0 Å². The zero-order valence-corrected chi connectivity index (χ0v) is 13.2. The molecule has 0 bridgehead atoms. The Bertz CT molecular complexity index is 573. The molecule has 0 unspecified atom stereocenters. The minimum atomic E-state index is -0.206. The summed E-state index contributed by atoms with van der Waals surface area (Å²) in [4.78, 5) is 11.3. The van der Waals surface area contributed by atoms with Gasteiger partial charge in [-0.1, -0.05) is 27.7 Å². The highest BCUT2D eigenvalue weighted by atomic mass is 79.9. The van der Waals surface area contributed by atoms with E-state index in [1.807, 2.05) is 24.3 Å². The minimum absolute atomic E-state index is 0.206. The van der Waals surface area contributed by atoms with Gasteiger partial charge in [-0.15, -0.1) is 5.10 Å². The molecule has 0 fully saturated rings. The summed E-state index contributed by atoms with van der Waals surface area (Å²) in [6.45, 7) is 2.19. The normalized spacial score (nSPS) is 10.5. The van der Waals surface area contributed by atoms with Crippen molar-refractivity contribution in [3.05, 3.63) is 28.7 Å². The summed E-state index contributed by atoms with van der Waals surface area (Å²) in [5.41, 5.74) is 0.872. The van der Waals surface area contributed by atoms with Gasteiger partial charge in [0.1, 0.15) is 0 Å². The summed E-state index contributed by atoms with van der Waals surface area (Å²) in [7, 11) is 0. The molecule has 0 aliphatic rings. The van der Waals surface area contributed by atoms with E-state index in [4.69, 9.17) is 4.74 Å². The summed E-state index contributed by atoms with van der Waals surface area (Å²) in [5.74, 6) is 0.373. The predicted molar refractivity (Wildman–Crippen MR) is 78.8 cm³/mol. The lowest BCUT2D eigenvalue weighted by Gasteiger charge is -2.04. The number of aromatic nitrogens is 4. The summed E-state index contributed by atoms with van der Waals surface area (Å²) in [6.07, 6.45) is 0.339. The fourth-order valence-electron chi connectivity index (χ4n) is 1.47. The standard InChI is InChI=1S/C12H13BrN4O2S/c1-2-19-11(18)7-8-20-12-14-15-16-17(12)10-5-3-9(13)4-6-10/h3-6H,2,7-8H2,1H3. The first-order valence-corrected chi connectivity index (χ1v) is 7.81. The molecule has 8 heteroatoms. The van der Waals surface area contributed by atoms with Crippen LogP contribution in [0.3, 0.4) is 0 Å². The molecular formula is C12H13BrN4O2S. The smallest absolute Gasteiger partial charge is 0.306 e. The van der Waals surface area contributed by atoms with Crippen molar-refractivity contribution < 1.29 is 9.53 Å². The maximum absolute atomic E-state index is 11.3. The third-order valence-corrected chi connectivity index (χ3v) is 3.80. The molecule has 0 aliphatic heterocycles. The molecule has 1 aromatic carbocycles. The molecule has 0 saturated carbocycles. The van der Waals surface area contributed by atoms with E-state index in [9.17, 15) is 4.79 Å². The Morgan fingerprint density at radius 3 is 2.85 bits per heavy atom. The number of tetrazole rings is 1. The lowest BCUT2D eigenvalue weighted by molar-refractivity contribution is -0.142. The number of ether oxygens (including phenoxy) is 1. The van der Waals surface area contributed by atoms with Crippen LogP contribution < -0.4 is 0 Å². The topological polar surface area (TPSA) is 69.9 Å². The second kappa shape index (κ2) is 7.39. The van der Waals surface area contributed by atoms with E-state index < -0.39 is 0 Å². The van der Waals surface area contributed by atoms with Gasteiger partial charge >= 0.3 is 5.97 Å². The molecule has 2 aromatic rings. The second-order valence-corrected chi connectivity index (χ2v) is 5.73. The van der Waals surface area contributed by atoms with Crippen molar-refractivity contribution in [3.8, 4) is 5.69 Å². The number of esters is 1. The maximum atomic E-state index is 11.3. The molecule has 6 nitrogen and oxygen atoms in total. The molecule has 0 aliphatic carbocycles. The number of carbonyl (C=O) groups is 1. The molecule has 0 amide bonds. The largest absolute Gasteiger partial charge is 0.466 e. The van der Waals surface area contributed by atoms with Crippen molar-refractivity contribution in [2.75, 3.05) is 12.4 Å². The van der Waals surface area contributed by atoms with E-state index >= 15 is 0 Å². The molecule has 0 saturated heterocycles. The summed E-state index contributed by atoms with van der Waals surface area (Å²) in [6, 6.07) is 7.67. The number of benzene rings is 1. The Kier molecular flexibility index (Phi) is 5.54. The molecule has 0 N–H and O–H groups in total. The predicted octanol–water partition coefficient (Wildman–Crippen LogP) is 2.47. The third kappa shape index (κ3) is 4.04. The van der Waals surface area contributed by atoms with E-state index in [2.05, 4.69) is 31.5 Å². The lowest BCUT2D eigenvalue weighted by Crippen LogP contribution is -2.05. The van der Waals surface area contributed by atoms with Crippen LogP contribution in [0.15, 0.2) is 33.9 Å². The van der Waals surface area contributed by atoms with Gasteiger partial charge in [0, 0.05) is 10.2 Å². The molecule has 0 atom stereocenters. The van der Waals surface area contributed by atoms with Gasteiger partial charge in [-0.3, -0.25) is 4.79 Å². The van der Waals surface area contributed by atoms with E-state index in [0.717, 1.165) is 10.2 Å². The molecule has 20 heavy (non-hydrogen) atoms. The van der Waals surface area contributed by atoms with Gasteiger partial charge in [-0.2, -0.15) is 4.68 Å². The zero-order chi connectivity index (χ0) is 14.4. The van der Waals surface area contributed by atoms with Crippen LogP contribution in [0, 0.1) is 0 Å². The van der Waals surface area contributed by atoms with Crippen LogP contribution in [0.5, 0.6) is 0 Å². The number of hydrogen-bond donors (Lipinski definition) is 0. The molecule has 0 spiro atoms. The van der Waals surface area contributed by atoms with Crippen LogP contribution in [0.25, 0.3) is 5.69 Å². The SMILES string of the molecule is CCOC(=O)CCSc1nnnn1-c1ccc(Br)cc1. The average molecular weight is 357 g/mol. The van der Waals surface area contributed by atoms with Crippen LogP contribution in [0.2, 0.25) is 0 Å². The monoisotopic (exact) mass is 356 g/mol. The first-order valence-electron chi connectivity index (χ1n) is 6.03. The Morgan fingerprint density at radius 1 is 1.40 bits per heavy atom. The van der Waals surface area contributed by atoms with Gasteiger partial charge in [0.05, 0.1) is 18.7 Å². The Labute approximate surface area is 129 Å². The number of thioether (sulfide) groups is 1.